The second kappa shape index (κ2) is 21.0. The highest BCUT2D eigenvalue weighted by molar-refractivity contribution is 5.91. The zero-order chi connectivity index (χ0) is 25.8. The first-order valence-corrected chi connectivity index (χ1v) is 11.0. The fraction of sp³-hybridized carbons (Fsp3) is 0.360. The maximum absolute atomic E-state index is 11.2. The summed E-state index contributed by atoms with van der Waals surface area (Å²) in [7, 11) is 0. The number of aliphatic carboxylic acids is 2. The van der Waals surface area contributed by atoms with Gasteiger partial charge >= 0.3 is 11.9 Å². The number of hydrogen-bond acceptors (Lipinski definition) is 7. The van der Waals surface area contributed by atoms with Crippen molar-refractivity contribution in [3.05, 3.63) is 65.7 Å². The Bertz CT molecular complexity index is 860. The molecule has 0 unspecified atom stereocenters. The van der Waals surface area contributed by atoms with Crippen molar-refractivity contribution in [2.45, 2.75) is 51.5 Å². The molecule has 10 heteroatoms. The molecule has 0 aliphatic rings. The van der Waals surface area contributed by atoms with Crippen LogP contribution in [0.5, 0.6) is 0 Å². The monoisotopic (exact) mass is 490 g/mol. The van der Waals surface area contributed by atoms with Crippen LogP contribution < -0.4 is 22.9 Å². The summed E-state index contributed by atoms with van der Waals surface area (Å²) < 4.78 is 0. The van der Waals surface area contributed by atoms with Crippen molar-refractivity contribution in [3.63, 3.8) is 0 Å². The van der Waals surface area contributed by atoms with E-state index in [1.165, 1.54) is 0 Å². The van der Waals surface area contributed by atoms with Crippen molar-refractivity contribution in [1.29, 1.82) is 0 Å². The summed E-state index contributed by atoms with van der Waals surface area (Å²) in [5.41, 5.74) is 12.6. The highest BCUT2D eigenvalue weighted by atomic mass is 16.4. The molecular weight excluding hydrogens is 452 g/mol. The Hall–Kier alpha value is -3.60. The number of rotatable bonds is 11. The van der Waals surface area contributed by atoms with Crippen molar-refractivity contribution in [2.75, 3.05) is 11.9 Å². The zero-order valence-corrected chi connectivity index (χ0v) is 20.2. The molecular formula is C25H38N4O6. The van der Waals surface area contributed by atoms with Crippen molar-refractivity contribution in [3.8, 4) is 0 Å². The smallest absolute Gasteiger partial charge is 0.320 e. The van der Waals surface area contributed by atoms with E-state index >= 15 is 0 Å². The quantitative estimate of drug-likeness (QED) is 0.201. The number of hydrogen-bond donors (Lipinski definition) is 6. The third kappa shape index (κ3) is 18.5. The average molecular weight is 491 g/mol. The number of nitrogens with two attached hydrogens (primary N) is 2. The van der Waals surface area contributed by atoms with Gasteiger partial charge in [-0.25, -0.2) is 0 Å². The van der Waals surface area contributed by atoms with Crippen LogP contribution in [0.25, 0.3) is 0 Å². The van der Waals surface area contributed by atoms with E-state index in [0.29, 0.717) is 24.9 Å². The minimum Gasteiger partial charge on any atom is -0.481 e. The predicted octanol–water partition coefficient (Wildman–Crippen LogP) is 3.24. The van der Waals surface area contributed by atoms with Gasteiger partial charge in [0.1, 0.15) is 12.3 Å². The van der Waals surface area contributed by atoms with E-state index in [0.717, 1.165) is 36.8 Å². The van der Waals surface area contributed by atoms with Gasteiger partial charge in [0.15, 0.2) is 0 Å². The number of aldehydes is 1. The van der Waals surface area contributed by atoms with Crippen molar-refractivity contribution >= 4 is 29.8 Å². The van der Waals surface area contributed by atoms with Crippen LogP contribution in [0.15, 0.2) is 54.6 Å². The molecule has 0 aromatic heterocycles. The fourth-order valence-corrected chi connectivity index (χ4v) is 2.50. The highest BCUT2D eigenvalue weighted by Gasteiger charge is 2.09. The van der Waals surface area contributed by atoms with E-state index < -0.39 is 18.0 Å². The molecule has 0 bridgehead atoms. The Labute approximate surface area is 206 Å². The zero-order valence-electron chi connectivity index (χ0n) is 20.2. The molecule has 0 aliphatic heterocycles. The van der Waals surface area contributed by atoms with Crippen molar-refractivity contribution in [2.24, 2.45) is 11.5 Å². The lowest BCUT2D eigenvalue weighted by Crippen LogP contribution is -2.29. The van der Waals surface area contributed by atoms with Gasteiger partial charge in [-0.15, -0.1) is 0 Å². The number of carboxylic acid groups (broad SMARTS) is 2. The molecule has 0 saturated heterocycles. The van der Waals surface area contributed by atoms with Crippen molar-refractivity contribution in [1.82, 2.24) is 6.15 Å². The maximum Gasteiger partial charge on any atom is 0.320 e. The first-order valence-electron chi connectivity index (χ1n) is 11.0. The minimum absolute atomic E-state index is 0. The van der Waals surface area contributed by atoms with Crippen LogP contribution in [0.4, 0.5) is 5.69 Å². The molecule has 0 aliphatic carbocycles. The predicted molar refractivity (Wildman–Crippen MR) is 137 cm³/mol. The summed E-state index contributed by atoms with van der Waals surface area (Å²) in [5.74, 6) is -1.71. The Balaban J connectivity index is 0. The lowest BCUT2D eigenvalue weighted by atomic mass is 10.1. The molecule has 2 aromatic carbocycles. The molecule has 0 spiro atoms. The molecule has 1 amide bonds. The summed E-state index contributed by atoms with van der Waals surface area (Å²) in [6, 6.07) is 15.2. The van der Waals surface area contributed by atoms with Crippen LogP contribution in [0.1, 0.15) is 54.9 Å². The number of amides is 1. The van der Waals surface area contributed by atoms with Gasteiger partial charge in [0.2, 0.25) is 5.91 Å². The molecule has 10 N–H and O–H groups in total. The number of nitrogens with one attached hydrogen (secondary N) is 1. The van der Waals surface area contributed by atoms with E-state index in [4.69, 9.17) is 21.7 Å². The third-order valence-corrected chi connectivity index (χ3v) is 4.29. The number of unbranched alkanes of at least 4 members (excludes halogenated alkanes) is 1. The minimum atomic E-state index is -0.933. The number of carboxylic acids is 2. The average Bonchev–Trinajstić information content (AvgIpc) is 2.81. The number of anilines is 1. The molecule has 10 nitrogen and oxygen atoms in total. The van der Waals surface area contributed by atoms with Crippen LogP contribution in [-0.4, -0.2) is 46.9 Å². The lowest BCUT2D eigenvalue weighted by Gasteiger charge is -2.03. The summed E-state index contributed by atoms with van der Waals surface area (Å²) in [6.45, 7) is 2.56. The van der Waals surface area contributed by atoms with Crippen molar-refractivity contribution < 1.29 is 29.4 Å². The molecule has 0 heterocycles. The normalized spacial score (nSPS) is 10.1. The molecule has 0 saturated carbocycles. The van der Waals surface area contributed by atoms with Gasteiger partial charge in [0, 0.05) is 17.7 Å². The first-order chi connectivity index (χ1) is 16.2. The van der Waals surface area contributed by atoms with Gasteiger partial charge < -0.3 is 33.1 Å². The van der Waals surface area contributed by atoms with Gasteiger partial charge in [-0.05, 0) is 55.6 Å². The van der Waals surface area contributed by atoms with Gasteiger partial charge in [0.25, 0.3) is 0 Å². The van der Waals surface area contributed by atoms with E-state index in [-0.39, 0.29) is 18.5 Å². The molecule has 35 heavy (non-hydrogen) atoms. The van der Waals surface area contributed by atoms with Gasteiger partial charge in [-0.3, -0.25) is 19.2 Å². The Morgan fingerprint density at radius 3 is 2.06 bits per heavy atom. The molecule has 0 radical (unpaired) electrons. The Kier molecular flexibility index (Phi) is 20.1. The van der Waals surface area contributed by atoms with Crippen LogP contribution >= 0.6 is 0 Å². The van der Waals surface area contributed by atoms with Gasteiger partial charge in [0.05, 0.1) is 6.42 Å². The second-order valence-electron chi connectivity index (χ2n) is 7.32. The molecule has 0 fully saturated rings. The van der Waals surface area contributed by atoms with E-state index in [1.54, 1.807) is 36.4 Å². The Morgan fingerprint density at radius 1 is 1.00 bits per heavy atom. The van der Waals surface area contributed by atoms with E-state index in [2.05, 4.69) is 5.32 Å². The highest BCUT2D eigenvalue weighted by Crippen LogP contribution is 2.08. The summed E-state index contributed by atoms with van der Waals surface area (Å²) in [5, 5.41) is 19.4. The largest absolute Gasteiger partial charge is 0.481 e. The van der Waals surface area contributed by atoms with E-state index in [1.807, 2.05) is 25.1 Å². The van der Waals surface area contributed by atoms with Crippen LogP contribution in [-0.2, 0) is 20.8 Å². The topological polar surface area (TPSA) is 208 Å². The lowest BCUT2D eigenvalue weighted by molar-refractivity contribution is -0.139. The standard InChI is InChI=1S/C11H13NO2.C8H8O2.C6H14N2O2.H3N/c1-2-3-11(14)12-10-6-4-9(8-13)5-7-10;9-8(10)6-7-4-2-1-3-5-7;7-4-2-1-3-5(8)6(9)10;/h4-8H,2-3H2,1H3,(H,12,14);1-5H,6H2,(H,9,10);5H,1-4,7-8H2,(H,9,10);1H3/t;;5-;/m..0./s1. The summed E-state index contributed by atoms with van der Waals surface area (Å²) >= 11 is 0. The third-order valence-electron chi connectivity index (χ3n) is 4.29. The van der Waals surface area contributed by atoms with Crippen LogP contribution in [0.2, 0.25) is 0 Å². The van der Waals surface area contributed by atoms with E-state index in [9.17, 15) is 19.2 Å². The summed E-state index contributed by atoms with van der Waals surface area (Å²) in [4.78, 5) is 41.8. The number of carbonyl (C=O) groups excluding carboxylic acids is 2. The second-order valence-corrected chi connectivity index (χ2v) is 7.32. The maximum atomic E-state index is 11.2. The first kappa shape index (κ1) is 33.6. The van der Waals surface area contributed by atoms with Crippen LogP contribution in [0, 0.1) is 0 Å². The van der Waals surface area contributed by atoms with Gasteiger partial charge in [-0.2, -0.15) is 0 Å². The summed E-state index contributed by atoms with van der Waals surface area (Å²) in [6.07, 6.45) is 4.41. The molecule has 1 atom stereocenters. The van der Waals surface area contributed by atoms with Crippen LogP contribution in [0.3, 0.4) is 0 Å². The van der Waals surface area contributed by atoms with Gasteiger partial charge in [-0.1, -0.05) is 43.7 Å². The number of benzene rings is 2. The SMILES string of the molecule is CCCC(=O)Nc1ccc(C=O)cc1.N.NCCCC[C@H](N)C(=O)O.O=C(O)Cc1ccccc1. The number of carbonyl (C=O) groups is 4. The molecule has 194 valence electrons. The molecule has 2 rings (SSSR count). The Morgan fingerprint density at radius 2 is 1.60 bits per heavy atom. The fourth-order valence-electron chi connectivity index (χ4n) is 2.50. The molecule has 2 aromatic rings.